The van der Waals surface area contributed by atoms with Gasteiger partial charge in [0.05, 0.1) is 0 Å². The van der Waals surface area contributed by atoms with E-state index in [4.69, 9.17) is 4.74 Å². The molecule has 23 heavy (non-hydrogen) atoms. The van der Waals surface area contributed by atoms with Gasteiger partial charge in [0, 0.05) is 5.92 Å². The van der Waals surface area contributed by atoms with Crippen LogP contribution in [0.3, 0.4) is 0 Å². The van der Waals surface area contributed by atoms with Gasteiger partial charge in [-0.2, -0.15) is 0 Å². The van der Waals surface area contributed by atoms with Gasteiger partial charge >= 0.3 is 5.97 Å². The minimum Gasteiger partial charge on any atom is -0.456 e. The van der Waals surface area contributed by atoms with Crippen LogP contribution in [-0.4, -0.2) is 11.9 Å². The van der Waals surface area contributed by atoms with Gasteiger partial charge in [0.15, 0.2) is 0 Å². The first-order valence-corrected chi connectivity index (χ1v) is 8.33. The molecule has 0 spiro atoms. The van der Waals surface area contributed by atoms with Crippen LogP contribution in [0.4, 0.5) is 0 Å². The van der Waals surface area contributed by atoms with Crippen molar-refractivity contribution < 1.29 is 14.3 Å². The minimum atomic E-state index is -0.459. The zero-order valence-corrected chi connectivity index (χ0v) is 13.9. The second kappa shape index (κ2) is 8.51. The Labute approximate surface area is 137 Å². The monoisotopic (exact) mass is 315 g/mol. The molecule has 1 amide bonds. The number of carbonyl (C=O) groups excluding carboxylic acids is 2. The summed E-state index contributed by atoms with van der Waals surface area (Å²) in [5.41, 5.74) is 2.08. The van der Waals surface area contributed by atoms with Gasteiger partial charge in [-0.25, -0.2) is 4.79 Å². The van der Waals surface area contributed by atoms with E-state index < -0.39 is 5.97 Å². The van der Waals surface area contributed by atoms with Crippen LogP contribution in [0.2, 0.25) is 0 Å². The Morgan fingerprint density at radius 1 is 1.17 bits per heavy atom. The van der Waals surface area contributed by atoms with Crippen LogP contribution in [0.15, 0.2) is 41.6 Å². The molecule has 124 valence electrons. The van der Waals surface area contributed by atoms with E-state index in [0.717, 1.165) is 36.8 Å². The Balaban J connectivity index is 2.00. The summed E-state index contributed by atoms with van der Waals surface area (Å²) in [7, 11) is 0. The number of hydrogen-bond donors (Lipinski definition) is 1. The summed E-state index contributed by atoms with van der Waals surface area (Å²) < 4.78 is 5.37. The molecule has 4 heteroatoms. The minimum absolute atomic E-state index is 0.0246. The van der Waals surface area contributed by atoms with Crippen LogP contribution in [0.25, 0.3) is 0 Å². The Hall–Kier alpha value is -2.10. The highest BCUT2D eigenvalue weighted by Crippen LogP contribution is 2.25. The molecule has 0 saturated heterocycles. The third-order valence-corrected chi connectivity index (χ3v) is 4.35. The summed E-state index contributed by atoms with van der Waals surface area (Å²) in [6.45, 7) is 4.02. The summed E-state index contributed by atoms with van der Waals surface area (Å²) in [5, 5.41) is 2.81. The van der Waals surface area contributed by atoms with Crippen molar-refractivity contribution in [2.45, 2.75) is 52.6 Å². The maximum Gasteiger partial charge on any atom is 0.355 e. The number of hydrogen-bond acceptors (Lipinski definition) is 3. The van der Waals surface area contributed by atoms with Crippen molar-refractivity contribution in [3.8, 4) is 0 Å². The summed E-state index contributed by atoms with van der Waals surface area (Å²) >= 11 is 0. The third-order valence-electron chi connectivity index (χ3n) is 4.35. The lowest BCUT2D eigenvalue weighted by molar-refractivity contribution is -0.142. The zero-order valence-electron chi connectivity index (χ0n) is 13.9. The molecule has 1 N–H and O–H groups in total. The number of amides is 1. The van der Waals surface area contributed by atoms with E-state index in [1.807, 2.05) is 44.2 Å². The summed E-state index contributed by atoms with van der Waals surface area (Å²) in [6, 6.07) is 9.53. The number of carbonyl (C=O) groups is 2. The maximum atomic E-state index is 12.4. The van der Waals surface area contributed by atoms with Crippen molar-refractivity contribution >= 4 is 11.9 Å². The molecule has 1 aliphatic carbocycles. The standard InChI is InChI=1S/C19H25NO3/c1-3-14(2)17(20-18(21)16-11-7-8-12-16)19(22)23-13-15-9-5-4-6-10-15/h4-6,9-10,16H,3,7-8,11-13H2,1-2H3,(H,20,21)/b17-14+. The van der Waals surface area contributed by atoms with Gasteiger partial charge in [0.25, 0.3) is 0 Å². The molecule has 0 atom stereocenters. The Morgan fingerprint density at radius 2 is 1.83 bits per heavy atom. The van der Waals surface area contributed by atoms with E-state index in [1.165, 1.54) is 0 Å². The number of nitrogens with one attached hydrogen (secondary N) is 1. The Morgan fingerprint density at radius 3 is 2.43 bits per heavy atom. The average molecular weight is 315 g/mol. The number of ether oxygens (including phenoxy) is 1. The number of esters is 1. The first-order valence-electron chi connectivity index (χ1n) is 8.33. The topological polar surface area (TPSA) is 55.4 Å². The van der Waals surface area contributed by atoms with E-state index in [0.29, 0.717) is 12.1 Å². The zero-order chi connectivity index (χ0) is 16.7. The normalized spacial score (nSPS) is 15.9. The molecule has 0 radical (unpaired) electrons. The molecule has 4 nitrogen and oxygen atoms in total. The third kappa shape index (κ3) is 4.95. The molecule has 2 rings (SSSR count). The fourth-order valence-electron chi connectivity index (χ4n) is 2.72. The smallest absolute Gasteiger partial charge is 0.355 e. The van der Waals surface area contributed by atoms with Crippen molar-refractivity contribution in [2.24, 2.45) is 5.92 Å². The second-order valence-corrected chi connectivity index (χ2v) is 6.04. The van der Waals surface area contributed by atoms with Gasteiger partial charge in [-0.3, -0.25) is 4.79 Å². The van der Waals surface area contributed by atoms with Crippen LogP contribution in [0.5, 0.6) is 0 Å². The van der Waals surface area contributed by atoms with E-state index in [1.54, 1.807) is 0 Å². The average Bonchev–Trinajstić information content (AvgIpc) is 3.12. The van der Waals surface area contributed by atoms with E-state index in [9.17, 15) is 9.59 Å². The van der Waals surface area contributed by atoms with Crippen LogP contribution < -0.4 is 5.32 Å². The lowest BCUT2D eigenvalue weighted by Gasteiger charge is -2.15. The molecule has 0 bridgehead atoms. The van der Waals surface area contributed by atoms with Crippen LogP contribution >= 0.6 is 0 Å². The SMILES string of the molecule is CC/C(C)=C(/NC(=O)C1CCCC1)C(=O)OCc1ccccc1. The summed E-state index contributed by atoms with van der Waals surface area (Å²) in [6.07, 6.45) is 4.68. The number of rotatable bonds is 6. The van der Waals surface area contributed by atoms with Crippen molar-refractivity contribution in [3.63, 3.8) is 0 Å². The van der Waals surface area contributed by atoms with Gasteiger partial charge in [-0.15, -0.1) is 0 Å². The quantitative estimate of drug-likeness (QED) is 0.643. The van der Waals surface area contributed by atoms with Gasteiger partial charge in [-0.05, 0) is 37.3 Å². The van der Waals surface area contributed by atoms with E-state index in [2.05, 4.69) is 5.32 Å². The fourth-order valence-corrected chi connectivity index (χ4v) is 2.72. The van der Waals surface area contributed by atoms with Crippen molar-refractivity contribution in [2.75, 3.05) is 0 Å². The Bertz CT molecular complexity index is 572. The van der Waals surface area contributed by atoms with Gasteiger partial charge in [-0.1, -0.05) is 50.1 Å². The van der Waals surface area contributed by atoms with Crippen LogP contribution in [0.1, 0.15) is 51.5 Å². The molecule has 1 fully saturated rings. The first kappa shape index (κ1) is 17.3. The van der Waals surface area contributed by atoms with Gasteiger partial charge in [0.1, 0.15) is 12.3 Å². The molecule has 1 aromatic rings. The molecule has 1 saturated carbocycles. The molecule has 0 unspecified atom stereocenters. The largest absolute Gasteiger partial charge is 0.456 e. The molecular formula is C19H25NO3. The van der Waals surface area contributed by atoms with Gasteiger partial charge < -0.3 is 10.1 Å². The molecule has 0 aliphatic heterocycles. The first-order chi connectivity index (χ1) is 11.1. The highest BCUT2D eigenvalue weighted by Gasteiger charge is 2.25. The summed E-state index contributed by atoms with van der Waals surface area (Å²) in [4.78, 5) is 24.7. The van der Waals surface area contributed by atoms with Crippen molar-refractivity contribution in [1.29, 1.82) is 0 Å². The second-order valence-electron chi connectivity index (χ2n) is 6.04. The van der Waals surface area contributed by atoms with Crippen LogP contribution in [0, 0.1) is 5.92 Å². The van der Waals surface area contributed by atoms with Crippen molar-refractivity contribution in [3.05, 3.63) is 47.2 Å². The van der Waals surface area contributed by atoms with Crippen LogP contribution in [-0.2, 0) is 20.9 Å². The molecule has 1 aliphatic rings. The maximum absolute atomic E-state index is 12.4. The lowest BCUT2D eigenvalue weighted by atomic mass is 10.1. The van der Waals surface area contributed by atoms with Crippen molar-refractivity contribution in [1.82, 2.24) is 5.32 Å². The number of benzene rings is 1. The highest BCUT2D eigenvalue weighted by molar-refractivity contribution is 5.95. The predicted molar refractivity (Wildman–Crippen MR) is 89.3 cm³/mol. The summed E-state index contributed by atoms with van der Waals surface area (Å²) in [5.74, 6) is -0.488. The van der Waals surface area contributed by atoms with E-state index >= 15 is 0 Å². The Kier molecular flexibility index (Phi) is 6.39. The molecule has 1 aromatic carbocycles. The highest BCUT2D eigenvalue weighted by atomic mass is 16.5. The fraction of sp³-hybridized carbons (Fsp3) is 0.474. The molecule has 0 heterocycles. The molecule has 0 aromatic heterocycles. The lowest BCUT2D eigenvalue weighted by Crippen LogP contribution is -2.33. The molecular weight excluding hydrogens is 290 g/mol. The predicted octanol–water partition coefficient (Wildman–Crippen LogP) is 3.72. The number of allylic oxidation sites excluding steroid dienone is 1. The van der Waals surface area contributed by atoms with E-state index in [-0.39, 0.29) is 18.4 Å². The van der Waals surface area contributed by atoms with Gasteiger partial charge in [0.2, 0.25) is 5.91 Å².